The molecule has 0 aromatic carbocycles. The average Bonchev–Trinajstić information content (AvgIpc) is 2.11. The topological polar surface area (TPSA) is 52.6 Å². The molecule has 0 saturated heterocycles. The Kier molecular flexibility index (Phi) is 6.88. The lowest BCUT2D eigenvalue weighted by Crippen LogP contribution is -1.99. The van der Waals surface area contributed by atoms with Gasteiger partial charge in [0.15, 0.2) is 0 Å². The summed E-state index contributed by atoms with van der Waals surface area (Å²) in [5.41, 5.74) is 0. The van der Waals surface area contributed by atoms with Crippen LogP contribution in [0.15, 0.2) is 12.2 Å². The quantitative estimate of drug-likeness (QED) is 0.378. The molecule has 0 spiro atoms. The van der Waals surface area contributed by atoms with Crippen molar-refractivity contribution >= 4 is 11.9 Å². The first-order valence-electron chi connectivity index (χ1n) is 4.13. The first-order chi connectivity index (χ1) is 6.66. The van der Waals surface area contributed by atoms with Gasteiger partial charge in [-0.2, -0.15) is 0 Å². The molecule has 0 atom stereocenters. The van der Waals surface area contributed by atoms with E-state index in [9.17, 15) is 9.59 Å². The summed E-state index contributed by atoms with van der Waals surface area (Å²) in [6.45, 7) is 3.49. The van der Waals surface area contributed by atoms with Crippen molar-refractivity contribution in [1.29, 1.82) is 0 Å². The van der Waals surface area contributed by atoms with Gasteiger partial charge < -0.3 is 9.47 Å². The molecule has 0 heterocycles. The molecule has 0 aliphatic heterocycles. The molecule has 0 saturated carbocycles. The van der Waals surface area contributed by atoms with Crippen LogP contribution in [0.5, 0.6) is 0 Å². The molecule has 0 N–H and O–H groups in total. The number of ether oxygens (including phenoxy) is 2. The number of hydrogen-bond acceptors (Lipinski definition) is 4. The normalized spacial score (nSPS) is 9.00. The van der Waals surface area contributed by atoms with Crippen LogP contribution in [-0.2, 0) is 19.1 Å². The Labute approximate surface area is 82.9 Å². The summed E-state index contributed by atoms with van der Waals surface area (Å²) in [5.74, 6) is 3.76. The molecule has 0 aliphatic rings. The highest BCUT2D eigenvalue weighted by Gasteiger charge is 1.90. The van der Waals surface area contributed by atoms with Crippen molar-refractivity contribution in [1.82, 2.24) is 0 Å². The van der Waals surface area contributed by atoms with E-state index >= 15 is 0 Å². The van der Waals surface area contributed by atoms with Gasteiger partial charge in [0, 0.05) is 12.8 Å². The summed E-state index contributed by atoms with van der Waals surface area (Å²) in [7, 11) is 0. The van der Waals surface area contributed by atoms with Crippen LogP contribution in [0.3, 0.4) is 0 Å². The Balaban J connectivity index is 3.69. The fraction of sp³-hybridized carbons (Fsp3) is 0.400. The standard InChI is InChI=1S/C10H12O4/c1-3-13-10(12)7-5-4-6-8-14-9(2)11/h4,6H,3,8H2,1-2H3/b6-4-. The highest BCUT2D eigenvalue weighted by Crippen LogP contribution is 1.79. The molecular weight excluding hydrogens is 184 g/mol. The molecule has 0 rings (SSSR count). The monoisotopic (exact) mass is 196 g/mol. The second-order valence-corrected chi connectivity index (χ2v) is 2.19. The SMILES string of the molecule is CCOC(=O)C#C/C=C\COC(C)=O. The van der Waals surface area contributed by atoms with E-state index in [1.54, 1.807) is 6.92 Å². The molecule has 76 valence electrons. The zero-order valence-corrected chi connectivity index (χ0v) is 8.20. The van der Waals surface area contributed by atoms with Crippen LogP contribution in [0.1, 0.15) is 13.8 Å². The molecular formula is C10H12O4. The number of allylic oxidation sites excluding steroid dienone is 1. The van der Waals surface area contributed by atoms with E-state index in [2.05, 4.69) is 21.3 Å². The van der Waals surface area contributed by atoms with Gasteiger partial charge in [-0.05, 0) is 19.1 Å². The molecule has 14 heavy (non-hydrogen) atoms. The summed E-state index contributed by atoms with van der Waals surface area (Å²) in [4.78, 5) is 21.0. The molecule has 4 nitrogen and oxygen atoms in total. The Morgan fingerprint density at radius 1 is 1.36 bits per heavy atom. The maximum absolute atomic E-state index is 10.7. The Hall–Kier alpha value is -1.76. The third-order valence-electron chi connectivity index (χ3n) is 1.03. The van der Waals surface area contributed by atoms with Gasteiger partial charge in [0.1, 0.15) is 6.61 Å². The molecule has 4 heteroatoms. The predicted molar refractivity (Wildman–Crippen MR) is 50.2 cm³/mol. The Morgan fingerprint density at radius 2 is 2.07 bits per heavy atom. The highest BCUT2D eigenvalue weighted by atomic mass is 16.5. The van der Waals surface area contributed by atoms with Gasteiger partial charge in [-0.3, -0.25) is 4.79 Å². The highest BCUT2D eigenvalue weighted by molar-refractivity contribution is 5.88. The minimum atomic E-state index is -0.565. The van der Waals surface area contributed by atoms with Gasteiger partial charge in [0.2, 0.25) is 0 Å². The number of esters is 2. The van der Waals surface area contributed by atoms with Crippen molar-refractivity contribution in [2.75, 3.05) is 13.2 Å². The van der Waals surface area contributed by atoms with Gasteiger partial charge in [-0.15, -0.1) is 0 Å². The van der Waals surface area contributed by atoms with Gasteiger partial charge >= 0.3 is 11.9 Å². The van der Waals surface area contributed by atoms with Crippen LogP contribution in [0.4, 0.5) is 0 Å². The molecule has 0 aliphatic carbocycles. The lowest BCUT2D eigenvalue weighted by molar-refractivity contribution is -0.139. The minimum absolute atomic E-state index is 0.160. The Morgan fingerprint density at radius 3 is 2.64 bits per heavy atom. The summed E-state index contributed by atoms with van der Waals surface area (Å²) in [6, 6.07) is 0. The number of carbonyl (C=O) groups excluding carboxylic acids is 2. The van der Waals surface area contributed by atoms with Gasteiger partial charge in [-0.1, -0.05) is 5.92 Å². The van der Waals surface area contributed by atoms with Crippen molar-refractivity contribution in [3.8, 4) is 11.8 Å². The van der Waals surface area contributed by atoms with Crippen LogP contribution in [0, 0.1) is 11.8 Å². The third kappa shape index (κ3) is 8.34. The van der Waals surface area contributed by atoms with Gasteiger partial charge in [0.05, 0.1) is 6.61 Å². The molecule has 0 fully saturated rings. The second-order valence-electron chi connectivity index (χ2n) is 2.19. The van der Waals surface area contributed by atoms with Crippen molar-refractivity contribution in [2.24, 2.45) is 0 Å². The van der Waals surface area contributed by atoms with Crippen molar-refractivity contribution < 1.29 is 19.1 Å². The Bertz CT molecular complexity index is 280. The van der Waals surface area contributed by atoms with E-state index in [1.807, 2.05) is 0 Å². The average molecular weight is 196 g/mol. The third-order valence-corrected chi connectivity index (χ3v) is 1.03. The number of carbonyl (C=O) groups is 2. The van der Waals surface area contributed by atoms with Crippen molar-refractivity contribution in [2.45, 2.75) is 13.8 Å². The molecule has 0 bridgehead atoms. The van der Waals surface area contributed by atoms with E-state index in [1.165, 1.54) is 19.1 Å². The van der Waals surface area contributed by atoms with E-state index < -0.39 is 5.97 Å². The maximum atomic E-state index is 10.7. The molecule has 0 unspecified atom stereocenters. The van der Waals surface area contributed by atoms with Crippen LogP contribution < -0.4 is 0 Å². The zero-order chi connectivity index (χ0) is 10.8. The van der Waals surface area contributed by atoms with E-state index in [-0.39, 0.29) is 12.6 Å². The minimum Gasteiger partial charge on any atom is -0.462 e. The smallest absolute Gasteiger partial charge is 0.384 e. The van der Waals surface area contributed by atoms with E-state index in [0.29, 0.717) is 6.61 Å². The van der Waals surface area contributed by atoms with Crippen molar-refractivity contribution in [3.63, 3.8) is 0 Å². The fourth-order valence-electron chi connectivity index (χ4n) is 0.540. The second kappa shape index (κ2) is 7.87. The predicted octanol–water partition coefficient (Wildman–Crippen LogP) is 0.672. The van der Waals surface area contributed by atoms with E-state index in [4.69, 9.17) is 0 Å². The number of rotatable bonds is 3. The fourth-order valence-corrected chi connectivity index (χ4v) is 0.540. The number of hydrogen-bond donors (Lipinski definition) is 0. The van der Waals surface area contributed by atoms with Gasteiger partial charge in [0.25, 0.3) is 0 Å². The largest absolute Gasteiger partial charge is 0.462 e. The first kappa shape index (κ1) is 12.2. The van der Waals surface area contributed by atoms with Gasteiger partial charge in [-0.25, -0.2) is 4.79 Å². The first-order valence-corrected chi connectivity index (χ1v) is 4.13. The maximum Gasteiger partial charge on any atom is 0.384 e. The summed E-state index contributed by atoms with van der Waals surface area (Å²) < 4.78 is 9.14. The van der Waals surface area contributed by atoms with E-state index in [0.717, 1.165) is 0 Å². The van der Waals surface area contributed by atoms with Crippen LogP contribution >= 0.6 is 0 Å². The lowest BCUT2D eigenvalue weighted by Gasteiger charge is -1.92. The van der Waals surface area contributed by atoms with Crippen LogP contribution in [0.2, 0.25) is 0 Å². The zero-order valence-electron chi connectivity index (χ0n) is 8.20. The van der Waals surface area contributed by atoms with Crippen LogP contribution in [0.25, 0.3) is 0 Å². The molecule has 0 aromatic heterocycles. The lowest BCUT2D eigenvalue weighted by atomic mass is 10.5. The molecule has 0 aromatic rings. The van der Waals surface area contributed by atoms with Crippen molar-refractivity contribution in [3.05, 3.63) is 12.2 Å². The summed E-state index contributed by atoms with van der Waals surface area (Å²) in [5, 5.41) is 0. The molecule has 0 amide bonds. The summed E-state index contributed by atoms with van der Waals surface area (Å²) in [6.07, 6.45) is 2.97. The molecule has 0 radical (unpaired) electrons. The summed E-state index contributed by atoms with van der Waals surface area (Å²) >= 11 is 0. The van der Waals surface area contributed by atoms with Crippen LogP contribution in [-0.4, -0.2) is 25.2 Å².